The van der Waals surface area contributed by atoms with E-state index in [9.17, 15) is 0 Å². The first-order valence-electron chi connectivity index (χ1n) is 6.54. The molecule has 0 saturated heterocycles. The van der Waals surface area contributed by atoms with Crippen molar-refractivity contribution in [1.82, 2.24) is 5.43 Å². The number of halogens is 2. The predicted octanol–water partition coefficient (Wildman–Crippen LogP) is 4.89. The Kier molecular flexibility index (Phi) is 5.38. The monoisotopic (exact) mass is 396 g/mol. The number of hydrogen-bond donors (Lipinski definition) is 2. The molecule has 0 fully saturated rings. The van der Waals surface area contributed by atoms with Crippen molar-refractivity contribution in [2.45, 2.75) is 25.8 Å². The van der Waals surface area contributed by atoms with E-state index < -0.39 is 0 Å². The van der Waals surface area contributed by atoms with Crippen molar-refractivity contribution in [3.05, 3.63) is 68.1 Å². The normalized spacial score (nSPS) is 12.7. The van der Waals surface area contributed by atoms with Gasteiger partial charge in [-0.25, -0.2) is 5.43 Å². The van der Waals surface area contributed by atoms with Crippen molar-refractivity contribution in [2.24, 2.45) is 5.84 Å². The highest BCUT2D eigenvalue weighted by Crippen LogP contribution is 2.31. The Balaban J connectivity index is 2.39. The maximum absolute atomic E-state index is 5.77. The van der Waals surface area contributed by atoms with Crippen LogP contribution in [-0.2, 0) is 0 Å². The highest BCUT2D eigenvalue weighted by molar-refractivity contribution is 9.11. The summed E-state index contributed by atoms with van der Waals surface area (Å²) in [6.07, 6.45) is 0. The van der Waals surface area contributed by atoms with E-state index in [2.05, 4.69) is 81.5 Å². The van der Waals surface area contributed by atoms with Crippen LogP contribution in [0.3, 0.4) is 0 Å². The van der Waals surface area contributed by atoms with Crippen LogP contribution in [-0.4, -0.2) is 0 Å². The lowest BCUT2D eigenvalue weighted by Crippen LogP contribution is -2.29. The molecule has 2 aromatic rings. The summed E-state index contributed by atoms with van der Waals surface area (Å²) in [7, 11) is 0. The fraction of sp³-hybridized carbons (Fsp3) is 0.250. The van der Waals surface area contributed by atoms with Crippen LogP contribution < -0.4 is 11.3 Å². The zero-order chi connectivity index (χ0) is 14.7. The molecule has 0 aliphatic rings. The van der Waals surface area contributed by atoms with Crippen molar-refractivity contribution in [3.63, 3.8) is 0 Å². The van der Waals surface area contributed by atoms with Gasteiger partial charge in [0, 0.05) is 8.95 Å². The molecule has 2 rings (SSSR count). The third kappa shape index (κ3) is 3.50. The van der Waals surface area contributed by atoms with Crippen LogP contribution >= 0.6 is 31.9 Å². The SMILES string of the molecule is CC(C)c1ccc(C(NN)c2cc(Br)ccc2Br)cc1. The molecule has 2 aromatic carbocycles. The fourth-order valence-electron chi connectivity index (χ4n) is 2.17. The van der Waals surface area contributed by atoms with Crippen molar-refractivity contribution in [3.8, 4) is 0 Å². The Labute approximate surface area is 137 Å². The number of nitrogens with two attached hydrogens (primary N) is 1. The van der Waals surface area contributed by atoms with Crippen molar-refractivity contribution in [2.75, 3.05) is 0 Å². The molecular formula is C16H18Br2N2. The second-order valence-electron chi connectivity index (χ2n) is 5.09. The predicted molar refractivity (Wildman–Crippen MR) is 91.5 cm³/mol. The number of hydrogen-bond acceptors (Lipinski definition) is 2. The van der Waals surface area contributed by atoms with E-state index in [0.717, 1.165) is 20.1 Å². The van der Waals surface area contributed by atoms with Gasteiger partial charge < -0.3 is 0 Å². The van der Waals surface area contributed by atoms with Gasteiger partial charge in [-0.2, -0.15) is 0 Å². The third-order valence-corrected chi connectivity index (χ3v) is 4.59. The van der Waals surface area contributed by atoms with Crippen molar-refractivity contribution in [1.29, 1.82) is 0 Å². The zero-order valence-electron chi connectivity index (χ0n) is 11.5. The minimum atomic E-state index is -0.0388. The molecule has 1 unspecified atom stereocenters. The molecule has 106 valence electrons. The van der Waals surface area contributed by atoms with E-state index in [0.29, 0.717) is 5.92 Å². The van der Waals surface area contributed by atoms with Crippen LogP contribution in [0.15, 0.2) is 51.4 Å². The topological polar surface area (TPSA) is 38.0 Å². The largest absolute Gasteiger partial charge is 0.271 e. The molecule has 0 aromatic heterocycles. The van der Waals surface area contributed by atoms with Gasteiger partial charge in [-0.15, -0.1) is 0 Å². The second-order valence-corrected chi connectivity index (χ2v) is 6.86. The zero-order valence-corrected chi connectivity index (χ0v) is 14.7. The van der Waals surface area contributed by atoms with Gasteiger partial charge in [-0.3, -0.25) is 5.84 Å². The summed E-state index contributed by atoms with van der Waals surface area (Å²) >= 11 is 7.10. The molecule has 0 amide bonds. The number of benzene rings is 2. The lowest BCUT2D eigenvalue weighted by Gasteiger charge is -2.19. The minimum absolute atomic E-state index is 0.0388. The number of rotatable bonds is 4. The van der Waals surface area contributed by atoms with Crippen LogP contribution in [0.5, 0.6) is 0 Å². The van der Waals surface area contributed by atoms with E-state index in [1.807, 2.05) is 12.1 Å². The van der Waals surface area contributed by atoms with Gasteiger partial charge in [0.15, 0.2) is 0 Å². The molecule has 2 nitrogen and oxygen atoms in total. The molecule has 0 heterocycles. The van der Waals surface area contributed by atoms with Crippen molar-refractivity contribution < 1.29 is 0 Å². The maximum Gasteiger partial charge on any atom is 0.0721 e. The first kappa shape index (κ1) is 15.7. The van der Waals surface area contributed by atoms with Crippen LogP contribution in [0.1, 0.15) is 42.5 Å². The highest BCUT2D eigenvalue weighted by atomic mass is 79.9. The summed E-state index contributed by atoms with van der Waals surface area (Å²) in [6.45, 7) is 4.39. The van der Waals surface area contributed by atoms with Gasteiger partial charge in [0.1, 0.15) is 0 Å². The van der Waals surface area contributed by atoms with Crippen LogP contribution in [0.4, 0.5) is 0 Å². The summed E-state index contributed by atoms with van der Waals surface area (Å²) < 4.78 is 2.08. The molecule has 0 radical (unpaired) electrons. The first-order valence-corrected chi connectivity index (χ1v) is 8.12. The summed E-state index contributed by atoms with van der Waals surface area (Å²) in [6, 6.07) is 14.6. The average Bonchev–Trinajstić information content (AvgIpc) is 2.44. The van der Waals surface area contributed by atoms with E-state index >= 15 is 0 Å². The van der Waals surface area contributed by atoms with E-state index in [-0.39, 0.29) is 6.04 Å². The Bertz CT molecular complexity index is 580. The molecule has 0 aliphatic carbocycles. The molecule has 0 aliphatic heterocycles. The molecule has 3 N–H and O–H groups in total. The number of nitrogens with one attached hydrogen (secondary N) is 1. The standard InChI is InChI=1S/C16H18Br2N2/c1-10(2)11-3-5-12(6-4-11)16(20-19)14-9-13(17)7-8-15(14)18/h3-10,16,20H,19H2,1-2H3. The molecule has 0 bridgehead atoms. The second kappa shape index (κ2) is 6.85. The minimum Gasteiger partial charge on any atom is -0.271 e. The Morgan fingerprint density at radius 3 is 2.10 bits per heavy atom. The molecule has 20 heavy (non-hydrogen) atoms. The highest BCUT2D eigenvalue weighted by Gasteiger charge is 2.16. The van der Waals surface area contributed by atoms with E-state index in [1.54, 1.807) is 0 Å². The molecule has 1 atom stereocenters. The Hall–Kier alpha value is -0.680. The summed E-state index contributed by atoms with van der Waals surface area (Å²) in [5.74, 6) is 6.30. The molecule has 0 spiro atoms. The first-order chi connectivity index (χ1) is 9.52. The van der Waals surface area contributed by atoms with E-state index in [4.69, 9.17) is 5.84 Å². The van der Waals surface area contributed by atoms with E-state index in [1.165, 1.54) is 5.56 Å². The number of hydrazine groups is 1. The lowest BCUT2D eigenvalue weighted by molar-refractivity contribution is 0.634. The Morgan fingerprint density at radius 1 is 0.950 bits per heavy atom. The van der Waals surface area contributed by atoms with Crippen LogP contribution in [0.2, 0.25) is 0 Å². The molecule has 0 saturated carbocycles. The van der Waals surface area contributed by atoms with Crippen LogP contribution in [0, 0.1) is 0 Å². The smallest absolute Gasteiger partial charge is 0.0721 e. The quantitative estimate of drug-likeness (QED) is 0.569. The summed E-state index contributed by atoms with van der Waals surface area (Å²) in [5, 5.41) is 0. The van der Waals surface area contributed by atoms with Crippen molar-refractivity contribution >= 4 is 31.9 Å². The lowest BCUT2D eigenvalue weighted by atomic mass is 9.96. The molecular weight excluding hydrogens is 380 g/mol. The van der Waals surface area contributed by atoms with Gasteiger partial charge in [0.2, 0.25) is 0 Å². The third-order valence-electron chi connectivity index (χ3n) is 3.37. The van der Waals surface area contributed by atoms with Gasteiger partial charge in [-0.1, -0.05) is 70.0 Å². The Morgan fingerprint density at radius 2 is 1.55 bits per heavy atom. The van der Waals surface area contributed by atoms with Crippen LogP contribution in [0.25, 0.3) is 0 Å². The summed E-state index contributed by atoms with van der Waals surface area (Å²) in [4.78, 5) is 0. The van der Waals surface area contributed by atoms with Gasteiger partial charge >= 0.3 is 0 Å². The summed E-state index contributed by atoms with van der Waals surface area (Å²) in [5.41, 5.74) is 6.49. The fourth-order valence-corrected chi connectivity index (χ4v) is 3.03. The average molecular weight is 398 g/mol. The van der Waals surface area contributed by atoms with Gasteiger partial charge in [0.25, 0.3) is 0 Å². The molecule has 4 heteroatoms. The maximum atomic E-state index is 5.77. The van der Waals surface area contributed by atoms with Gasteiger partial charge in [0.05, 0.1) is 6.04 Å². The van der Waals surface area contributed by atoms with Gasteiger partial charge in [-0.05, 0) is 40.8 Å².